The predicted molar refractivity (Wildman–Crippen MR) is 75.3 cm³/mol. The molecule has 0 bridgehead atoms. The van der Waals surface area contributed by atoms with Gasteiger partial charge in [-0.2, -0.15) is 0 Å². The molecule has 0 aliphatic rings. The van der Waals surface area contributed by atoms with E-state index in [1.165, 1.54) is 0 Å². The van der Waals surface area contributed by atoms with Gasteiger partial charge in [-0.3, -0.25) is 0 Å². The molecule has 2 rings (SSSR count). The van der Waals surface area contributed by atoms with Crippen LogP contribution < -0.4 is 0 Å². The highest BCUT2D eigenvalue weighted by atomic mass is 16.3. The van der Waals surface area contributed by atoms with Crippen molar-refractivity contribution < 1.29 is 5.11 Å². The van der Waals surface area contributed by atoms with Crippen LogP contribution >= 0.6 is 0 Å². The molecule has 94 valence electrons. The van der Waals surface area contributed by atoms with E-state index in [9.17, 15) is 5.11 Å². The molecule has 1 heteroatoms. The number of hydrogen-bond donors (Lipinski definition) is 1. The van der Waals surface area contributed by atoms with Gasteiger partial charge in [0.1, 0.15) is 5.60 Å². The summed E-state index contributed by atoms with van der Waals surface area (Å²) in [5, 5.41) is 11.3. The van der Waals surface area contributed by atoms with Gasteiger partial charge in [-0.1, -0.05) is 81.4 Å². The van der Waals surface area contributed by atoms with Crippen LogP contribution in [0.2, 0.25) is 0 Å². The largest absolute Gasteiger partial charge is 0.380 e. The summed E-state index contributed by atoms with van der Waals surface area (Å²) >= 11 is 0. The van der Waals surface area contributed by atoms with Crippen molar-refractivity contribution in [3.63, 3.8) is 0 Å². The van der Waals surface area contributed by atoms with E-state index in [1.54, 1.807) is 0 Å². The van der Waals surface area contributed by atoms with E-state index in [1.807, 2.05) is 60.7 Å². The molecule has 0 unspecified atom stereocenters. The van der Waals surface area contributed by atoms with Crippen LogP contribution in [-0.2, 0) is 5.60 Å². The molecule has 1 N–H and O–H groups in total. The smallest absolute Gasteiger partial charge is 0.119 e. The van der Waals surface area contributed by atoms with Gasteiger partial charge in [0.05, 0.1) is 0 Å². The maximum absolute atomic E-state index is 11.3. The molecule has 0 atom stereocenters. The van der Waals surface area contributed by atoms with Gasteiger partial charge >= 0.3 is 0 Å². The molecule has 0 aliphatic heterocycles. The van der Waals surface area contributed by atoms with Gasteiger partial charge in [-0.05, 0) is 16.5 Å². The number of benzene rings is 2. The molecule has 0 heterocycles. The van der Waals surface area contributed by atoms with E-state index in [0.29, 0.717) is 0 Å². The normalized spacial score (nSPS) is 12.4. The highest BCUT2D eigenvalue weighted by Crippen LogP contribution is 2.44. The zero-order valence-electron chi connectivity index (χ0n) is 11.2. The average Bonchev–Trinajstić information content (AvgIpc) is 2.38. The Morgan fingerprint density at radius 3 is 1.28 bits per heavy atom. The molecule has 0 amide bonds. The van der Waals surface area contributed by atoms with Crippen LogP contribution in [0.3, 0.4) is 0 Å². The Kier molecular flexibility index (Phi) is 3.27. The SMILES string of the molecule is CC(C)(C)C(O)(c1ccccc1)c1ccccc1. The second-order valence-corrected chi connectivity index (χ2v) is 5.69. The molecular weight excluding hydrogens is 220 g/mol. The van der Waals surface area contributed by atoms with Crippen molar-refractivity contribution in [1.29, 1.82) is 0 Å². The molecule has 0 fully saturated rings. The van der Waals surface area contributed by atoms with Crippen molar-refractivity contribution >= 4 is 0 Å². The molecule has 0 aromatic heterocycles. The fraction of sp³-hybridized carbons (Fsp3) is 0.294. The summed E-state index contributed by atoms with van der Waals surface area (Å²) < 4.78 is 0. The second-order valence-electron chi connectivity index (χ2n) is 5.69. The zero-order valence-corrected chi connectivity index (χ0v) is 11.2. The number of aliphatic hydroxyl groups is 1. The van der Waals surface area contributed by atoms with Crippen LogP contribution in [-0.4, -0.2) is 5.11 Å². The minimum atomic E-state index is -0.977. The summed E-state index contributed by atoms with van der Waals surface area (Å²) in [6.07, 6.45) is 0. The Hall–Kier alpha value is -1.60. The van der Waals surface area contributed by atoms with E-state index >= 15 is 0 Å². The van der Waals surface area contributed by atoms with Crippen molar-refractivity contribution in [1.82, 2.24) is 0 Å². The lowest BCUT2D eigenvalue weighted by molar-refractivity contribution is -0.0259. The summed E-state index contributed by atoms with van der Waals surface area (Å²) in [4.78, 5) is 0. The lowest BCUT2D eigenvalue weighted by Gasteiger charge is -2.41. The molecular formula is C17H20O. The first kappa shape index (κ1) is 12.8. The summed E-state index contributed by atoms with van der Waals surface area (Å²) in [5.41, 5.74) is 0.609. The molecule has 0 saturated carbocycles. The van der Waals surface area contributed by atoms with Crippen molar-refractivity contribution in [2.24, 2.45) is 5.41 Å². The van der Waals surface area contributed by atoms with Crippen LogP contribution in [0.4, 0.5) is 0 Å². The molecule has 1 nitrogen and oxygen atoms in total. The van der Waals surface area contributed by atoms with Crippen molar-refractivity contribution in [2.75, 3.05) is 0 Å². The first-order chi connectivity index (χ1) is 8.46. The van der Waals surface area contributed by atoms with Crippen LogP contribution in [0, 0.1) is 5.41 Å². The van der Waals surface area contributed by atoms with Crippen molar-refractivity contribution in [3.8, 4) is 0 Å². The molecule has 0 saturated heterocycles. The van der Waals surface area contributed by atoms with Crippen LogP contribution in [0.15, 0.2) is 60.7 Å². The topological polar surface area (TPSA) is 20.2 Å². The van der Waals surface area contributed by atoms with Crippen LogP contribution in [0.5, 0.6) is 0 Å². The summed E-state index contributed by atoms with van der Waals surface area (Å²) in [6.45, 7) is 6.19. The Morgan fingerprint density at radius 1 is 0.667 bits per heavy atom. The van der Waals surface area contributed by atoms with Gasteiger partial charge in [-0.15, -0.1) is 0 Å². The predicted octanol–water partition coefficient (Wildman–Crippen LogP) is 3.97. The highest BCUT2D eigenvalue weighted by molar-refractivity contribution is 5.38. The third-order valence-corrected chi connectivity index (χ3v) is 3.47. The quantitative estimate of drug-likeness (QED) is 0.842. The molecule has 0 aliphatic carbocycles. The third kappa shape index (κ3) is 2.06. The number of hydrogen-bond acceptors (Lipinski definition) is 1. The lowest BCUT2D eigenvalue weighted by atomic mass is 9.68. The summed E-state index contributed by atoms with van der Waals surface area (Å²) in [6, 6.07) is 19.7. The Labute approximate surface area is 109 Å². The fourth-order valence-corrected chi connectivity index (χ4v) is 2.39. The van der Waals surface area contributed by atoms with Crippen molar-refractivity contribution in [3.05, 3.63) is 71.8 Å². The average molecular weight is 240 g/mol. The standard InChI is InChI=1S/C17H20O/c1-16(2,3)17(18,14-10-6-4-7-11-14)15-12-8-5-9-13-15/h4-13,18H,1-3H3. The van der Waals surface area contributed by atoms with E-state index < -0.39 is 5.60 Å². The Bertz CT molecular complexity index is 455. The van der Waals surface area contributed by atoms with Crippen LogP contribution in [0.25, 0.3) is 0 Å². The van der Waals surface area contributed by atoms with E-state index in [-0.39, 0.29) is 5.41 Å². The third-order valence-electron chi connectivity index (χ3n) is 3.47. The molecule has 18 heavy (non-hydrogen) atoms. The lowest BCUT2D eigenvalue weighted by Crippen LogP contribution is -2.41. The zero-order chi connectivity index (χ0) is 13.2. The minimum absolute atomic E-state index is 0.282. The minimum Gasteiger partial charge on any atom is -0.380 e. The number of rotatable bonds is 2. The molecule has 2 aromatic carbocycles. The van der Waals surface area contributed by atoms with E-state index in [0.717, 1.165) is 11.1 Å². The highest BCUT2D eigenvalue weighted by Gasteiger charge is 2.42. The Morgan fingerprint density at radius 2 is 1.00 bits per heavy atom. The summed E-state index contributed by atoms with van der Waals surface area (Å²) in [5.74, 6) is 0. The van der Waals surface area contributed by atoms with Gasteiger partial charge in [0.2, 0.25) is 0 Å². The van der Waals surface area contributed by atoms with Gasteiger partial charge in [-0.25, -0.2) is 0 Å². The maximum atomic E-state index is 11.3. The molecule has 0 radical (unpaired) electrons. The van der Waals surface area contributed by atoms with Crippen LogP contribution in [0.1, 0.15) is 31.9 Å². The monoisotopic (exact) mass is 240 g/mol. The van der Waals surface area contributed by atoms with E-state index in [2.05, 4.69) is 20.8 Å². The molecule has 0 spiro atoms. The summed E-state index contributed by atoms with van der Waals surface area (Å²) in [7, 11) is 0. The van der Waals surface area contributed by atoms with Gasteiger partial charge < -0.3 is 5.11 Å². The fourth-order valence-electron chi connectivity index (χ4n) is 2.39. The maximum Gasteiger partial charge on any atom is 0.119 e. The first-order valence-corrected chi connectivity index (χ1v) is 6.29. The Balaban J connectivity index is 2.63. The van der Waals surface area contributed by atoms with E-state index in [4.69, 9.17) is 0 Å². The molecule has 2 aromatic rings. The second kappa shape index (κ2) is 4.58. The van der Waals surface area contributed by atoms with Crippen molar-refractivity contribution in [2.45, 2.75) is 26.4 Å². The van der Waals surface area contributed by atoms with Gasteiger partial charge in [0.15, 0.2) is 0 Å². The van der Waals surface area contributed by atoms with Gasteiger partial charge in [0, 0.05) is 0 Å². The first-order valence-electron chi connectivity index (χ1n) is 6.29. The van der Waals surface area contributed by atoms with Gasteiger partial charge in [0.25, 0.3) is 0 Å².